The van der Waals surface area contributed by atoms with Crippen molar-refractivity contribution in [3.8, 4) is 0 Å². The van der Waals surface area contributed by atoms with Gasteiger partial charge in [0.2, 0.25) is 5.91 Å². The summed E-state index contributed by atoms with van der Waals surface area (Å²) in [7, 11) is 0. The molecule has 23 heavy (non-hydrogen) atoms. The molecule has 1 aromatic carbocycles. The fourth-order valence-corrected chi connectivity index (χ4v) is 3.38. The molecule has 0 aliphatic carbocycles. The minimum atomic E-state index is 0. The van der Waals surface area contributed by atoms with Gasteiger partial charge in [-0.25, -0.2) is 0 Å². The van der Waals surface area contributed by atoms with Crippen LogP contribution in [0.5, 0.6) is 0 Å². The van der Waals surface area contributed by atoms with Gasteiger partial charge in [-0.15, -0.1) is 24.8 Å². The van der Waals surface area contributed by atoms with Crippen molar-refractivity contribution in [3.05, 3.63) is 35.9 Å². The zero-order chi connectivity index (χ0) is 14.5. The van der Waals surface area contributed by atoms with E-state index in [1.54, 1.807) is 0 Å². The number of hydrogen-bond donors (Lipinski definition) is 2. The zero-order valence-electron chi connectivity index (χ0n) is 13.4. The number of nitrogens with zero attached hydrogens (tertiary/aromatic N) is 1. The minimum absolute atomic E-state index is 0. The molecular formula is C17H27Cl2N3O. The van der Waals surface area contributed by atoms with Gasteiger partial charge in [0, 0.05) is 38.1 Å². The summed E-state index contributed by atoms with van der Waals surface area (Å²) >= 11 is 0. The van der Waals surface area contributed by atoms with Gasteiger partial charge < -0.3 is 10.6 Å². The molecule has 2 atom stereocenters. The molecule has 3 rings (SSSR count). The van der Waals surface area contributed by atoms with E-state index in [4.69, 9.17) is 0 Å². The largest absolute Gasteiger partial charge is 0.352 e. The van der Waals surface area contributed by atoms with E-state index in [1.165, 1.54) is 12.0 Å². The van der Waals surface area contributed by atoms with Gasteiger partial charge in [-0.05, 0) is 31.4 Å². The number of nitrogens with one attached hydrogen (secondary N) is 2. The first-order valence-electron chi connectivity index (χ1n) is 8.08. The second kappa shape index (κ2) is 10.1. The first kappa shape index (κ1) is 20.2. The lowest BCUT2D eigenvalue weighted by molar-refractivity contribution is -0.122. The van der Waals surface area contributed by atoms with Crippen molar-refractivity contribution in [1.29, 1.82) is 0 Å². The Kier molecular flexibility index (Phi) is 8.92. The van der Waals surface area contributed by atoms with Crippen molar-refractivity contribution in [3.63, 3.8) is 0 Å². The summed E-state index contributed by atoms with van der Waals surface area (Å²) < 4.78 is 0. The van der Waals surface area contributed by atoms with Crippen LogP contribution in [0.25, 0.3) is 0 Å². The first-order chi connectivity index (χ1) is 10.3. The number of amides is 1. The van der Waals surface area contributed by atoms with Crippen molar-refractivity contribution in [1.82, 2.24) is 15.5 Å². The Balaban J connectivity index is 0.00000132. The fourth-order valence-electron chi connectivity index (χ4n) is 3.38. The average Bonchev–Trinajstić information content (AvgIpc) is 3.12. The molecule has 1 amide bonds. The van der Waals surface area contributed by atoms with Gasteiger partial charge in [0.1, 0.15) is 0 Å². The fraction of sp³-hybridized carbons (Fsp3) is 0.588. The van der Waals surface area contributed by atoms with Gasteiger partial charge in [-0.3, -0.25) is 9.69 Å². The monoisotopic (exact) mass is 359 g/mol. The molecular weight excluding hydrogens is 333 g/mol. The van der Waals surface area contributed by atoms with Crippen molar-refractivity contribution < 1.29 is 4.79 Å². The first-order valence-corrected chi connectivity index (χ1v) is 8.08. The number of halogens is 2. The Hall–Kier alpha value is -0.810. The SMILES string of the molecule is Cl.Cl.O=C(CC1CCCN1)NC1CCN(Cc2ccccc2)C1. The van der Waals surface area contributed by atoms with Gasteiger partial charge in [-0.2, -0.15) is 0 Å². The van der Waals surface area contributed by atoms with Crippen molar-refractivity contribution in [2.75, 3.05) is 19.6 Å². The highest BCUT2D eigenvalue weighted by molar-refractivity contribution is 5.85. The molecule has 2 unspecified atom stereocenters. The Labute approximate surface area is 151 Å². The van der Waals surface area contributed by atoms with E-state index in [0.717, 1.165) is 39.0 Å². The predicted octanol–water partition coefficient (Wildman–Crippen LogP) is 2.36. The summed E-state index contributed by atoms with van der Waals surface area (Å²) in [6.45, 7) is 4.09. The molecule has 2 aliphatic heterocycles. The topological polar surface area (TPSA) is 44.4 Å². The van der Waals surface area contributed by atoms with Crippen LogP contribution in [0.3, 0.4) is 0 Å². The van der Waals surface area contributed by atoms with Crippen LogP contribution in [0.4, 0.5) is 0 Å². The second-order valence-electron chi connectivity index (χ2n) is 6.27. The highest BCUT2D eigenvalue weighted by Crippen LogP contribution is 2.14. The molecule has 2 heterocycles. The second-order valence-corrected chi connectivity index (χ2v) is 6.27. The smallest absolute Gasteiger partial charge is 0.221 e. The summed E-state index contributed by atoms with van der Waals surface area (Å²) in [6, 6.07) is 11.3. The molecule has 130 valence electrons. The summed E-state index contributed by atoms with van der Waals surface area (Å²) in [5, 5.41) is 6.58. The number of carbonyl (C=O) groups excluding carboxylic acids is 1. The number of rotatable bonds is 5. The number of hydrogen-bond acceptors (Lipinski definition) is 3. The maximum atomic E-state index is 12.1. The molecule has 0 spiro atoms. The predicted molar refractivity (Wildman–Crippen MR) is 98.4 cm³/mol. The van der Waals surface area contributed by atoms with Gasteiger partial charge in [0.05, 0.1) is 0 Å². The van der Waals surface area contributed by atoms with Crippen LogP contribution >= 0.6 is 24.8 Å². The average molecular weight is 360 g/mol. The quantitative estimate of drug-likeness (QED) is 0.847. The van der Waals surface area contributed by atoms with E-state index >= 15 is 0 Å². The van der Waals surface area contributed by atoms with Crippen LogP contribution in [0, 0.1) is 0 Å². The van der Waals surface area contributed by atoms with E-state index in [-0.39, 0.29) is 30.7 Å². The van der Waals surface area contributed by atoms with Crippen LogP contribution in [-0.4, -0.2) is 42.5 Å². The lowest BCUT2D eigenvalue weighted by atomic mass is 10.1. The normalized spacial score (nSPS) is 23.8. The van der Waals surface area contributed by atoms with Crippen LogP contribution in [-0.2, 0) is 11.3 Å². The third-order valence-electron chi connectivity index (χ3n) is 4.48. The highest BCUT2D eigenvalue weighted by Gasteiger charge is 2.25. The third-order valence-corrected chi connectivity index (χ3v) is 4.48. The number of benzene rings is 1. The maximum Gasteiger partial charge on any atom is 0.221 e. The zero-order valence-corrected chi connectivity index (χ0v) is 15.0. The lowest BCUT2D eigenvalue weighted by Crippen LogP contribution is -2.39. The standard InChI is InChI=1S/C17H25N3O.2ClH/c21-17(11-15-7-4-9-18-15)19-16-8-10-20(13-16)12-14-5-2-1-3-6-14;;/h1-3,5-6,15-16,18H,4,7-13H2,(H,19,21);2*1H. The molecule has 4 nitrogen and oxygen atoms in total. The van der Waals surface area contributed by atoms with Crippen LogP contribution in [0.1, 0.15) is 31.2 Å². The molecule has 6 heteroatoms. The third kappa shape index (κ3) is 6.30. The molecule has 2 fully saturated rings. The minimum Gasteiger partial charge on any atom is -0.352 e. The van der Waals surface area contributed by atoms with Gasteiger partial charge in [-0.1, -0.05) is 30.3 Å². The summed E-state index contributed by atoms with van der Waals surface area (Å²) in [5.41, 5.74) is 1.35. The van der Waals surface area contributed by atoms with Gasteiger partial charge in [0.25, 0.3) is 0 Å². The summed E-state index contributed by atoms with van der Waals surface area (Å²) in [6.07, 6.45) is 4.04. The molecule has 0 aromatic heterocycles. The Morgan fingerprint density at radius 2 is 2.00 bits per heavy atom. The van der Waals surface area contributed by atoms with Crippen molar-refractivity contribution in [2.45, 2.75) is 44.3 Å². The Morgan fingerprint density at radius 3 is 2.70 bits per heavy atom. The molecule has 2 N–H and O–H groups in total. The van der Waals surface area contributed by atoms with Crippen LogP contribution in [0.2, 0.25) is 0 Å². The van der Waals surface area contributed by atoms with E-state index < -0.39 is 0 Å². The Bertz CT molecular complexity index is 466. The van der Waals surface area contributed by atoms with Crippen LogP contribution in [0.15, 0.2) is 30.3 Å². The van der Waals surface area contributed by atoms with E-state index in [2.05, 4.69) is 39.8 Å². The molecule has 2 saturated heterocycles. The molecule has 1 aromatic rings. The summed E-state index contributed by atoms with van der Waals surface area (Å²) in [4.78, 5) is 14.5. The van der Waals surface area contributed by atoms with E-state index in [1.807, 2.05) is 6.07 Å². The molecule has 0 saturated carbocycles. The van der Waals surface area contributed by atoms with E-state index in [9.17, 15) is 4.79 Å². The van der Waals surface area contributed by atoms with Gasteiger partial charge in [0.15, 0.2) is 0 Å². The molecule has 2 aliphatic rings. The highest BCUT2D eigenvalue weighted by atomic mass is 35.5. The number of carbonyl (C=O) groups is 1. The van der Waals surface area contributed by atoms with E-state index in [0.29, 0.717) is 18.5 Å². The Morgan fingerprint density at radius 1 is 1.22 bits per heavy atom. The van der Waals surface area contributed by atoms with Crippen molar-refractivity contribution in [2.24, 2.45) is 0 Å². The van der Waals surface area contributed by atoms with Crippen LogP contribution < -0.4 is 10.6 Å². The van der Waals surface area contributed by atoms with Gasteiger partial charge >= 0.3 is 0 Å². The molecule has 0 bridgehead atoms. The van der Waals surface area contributed by atoms with Crippen molar-refractivity contribution >= 4 is 30.7 Å². The maximum absolute atomic E-state index is 12.1. The lowest BCUT2D eigenvalue weighted by Gasteiger charge is -2.17. The molecule has 0 radical (unpaired) electrons. The summed E-state index contributed by atoms with van der Waals surface area (Å²) in [5.74, 6) is 0.209. The number of likely N-dealkylation sites (tertiary alicyclic amines) is 1.